The summed E-state index contributed by atoms with van der Waals surface area (Å²) in [5.74, 6) is -1.55. The molecule has 3 rings (SSSR count). The van der Waals surface area contributed by atoms with Gasteiger partial charge in [-0.3, -0.25) is 0 Å². The molecule has 8 heteroatoms. The maximum atomic E-state index is 13.7. The number of pyridine rings is 1. The Kier molecular flexibility index (Phi) is 4.77. The van der Waals surface area contributed by atoms with E-state index in [1.54, 1.807) is 24.4 Å². The van der Waals surface area contributed by atoms with E-state index in [-0.39, 0.29) is 24.8 Å². The molecule has 0 aliphatic carbocycles. The number of aromatic nitrogens is 1. The van der Waals surface area contributed by atoms with Crippen LogP contribution in [0.15, 0.2) is 42.6 Å². The van der Waals surface area contributed by atoms with Crippen molar-refractivity contribution in [1.29, 1.82) is 0 Å². The van der Waals surface area contributed by atoms with Crippen molar-refractivity contribution in [1.82, 2.24) is 9.29 Å². The van der Waals surface area contributed by atoms with Crippen LogP contribution < -0.4 is 4.74 Å². The van der Waals surface area contributed by atoms with Crippen LogP contribution in [0.25, 0.3) is 0 Å². The average Bonchev–Trinajstić information content (AvgIpc) is 3.01. The summed E-state index contributed by atoms with van der Waals surface area (Å²) >= 11 is 0. The maximum absolute atomic E-state index is 13.7. The van der Waals surface area contributed by atoms with E-state index in [0.717, 1.165) is 18.2 Å². The summed E-state index contributed by atoms with van der Waals surface area (Å²) in [6, 6.07) is 8.02. The van der Waals surface area contributed by atoms with Crippen molar-refractivity contribution in [3.8, 4) is 5.88 Å². The SMILES string of the molecule is O=S(=O)(Cc1cc(F)ccc1F)N1CCC(Oc2ccccn2)C1. The van der Waals surface area contributed by atoms with Crippen molar-refractivity contribution in [3.63, 3.8) is 0 Å². The van der Waals surface area contributed by atoms with Gasteiger partial charge >= 0.3 is 0 Å². The second-order valence-corrected chi connectivity index (χ2v) is 7.52. The highest BCUT2D eigenvalue weighted by atomic mass is 32.2. The average molecular weight is 354 g/mol. The van der Waals surface area contributed by atoms with Crippen LogP contribution in [0.5, 0.6) is 5.88 Å². The van der Waals surface area contributed by atoms with E-state index in [1.165, 1.54) is 4.31 Å². The molecule has 1 aliphatic heterocycles. The fraction of sp³-hybridized carbons (Fsp3) is 0.312. The molecule has 128 valence electrons. The molecule has 1 unspecified atom stereocenters. The number of ether oxygens (including phenoxy) is 1. The Morgan fingerprint density at radius 1 is 1.25 bits per heavy atom. The van der Waals surface area contributed by atoms with Gasteiger partial charge in [-0.15, -0.1) is 0 Å². The topological polar surface area (TPSA) is 59.5 Å². The molecule has 24 heavy (non-hydrogen) atoms. The number of hydrogen-bond donors (Lipinski definition) is 0. The molecule has 5 nitrogen and oxygen atoms in total. The third kappa shape index (κ3) is 3.88. The Labute approximate surface area is 138 Å². The van der Waals surface area contributed by atoms with Gasteiger partial charge in [-0.25, -0.2) is 22.2 Å². The van der Waals surface area contributed by atoms with Gasteiger partial charge in [0.15, 0.2) is 0 Å². The third-order valence-corrected chi connectivity index (χ3v) is 5.57. The van der Waals surface area contributed by atoms with Crippen LogP contribution in [0.4, 0.5) is 8.78 Å². The molecule has 1 aliphatic rings. The van der Waals surface area contributed by atoms with Gasteiger partial charge in [0, 0.05) is 24.4 Å². The molecular formula is C16H16F2N2O3S. The first-order chi connectivity index (χ1) is 11.4. The minimum Gasteiger partial charge on any atom is -0.473 e. The van der Waals surface area contributed by atoms with E-state index in [0.29, 0.717) is 12.3 Å². The molecule has 1 atom stereocenters. The largest absolute Gasteiger partial charge is 0.473 e. The van der Waals surface area contributed by atoms with Gasteiger partial charge in [-0.1, -0.05) is 6.07 Å². The van der Waals surface area contributed by atoms with Crippen molar-refractivity contribution in [3.05, 3.63) is 59.8 Å². The van der Waals surface area contributed by atoms with E-state index in [4.69, 9.17) is 4.74 Å². The fourth-order valence-corrected chi connectivity index (χ4v) is 4.15. The minimum absolute atomic E-state index is 0.163. The molecule has 1 fully saturated rings. The number of rotatable bonds is 5. The van der Waals surface area contributed by atoms with Crippen LogP contribution in [-0.4, -0.2) is 36.9 Å². The third-order valence-electron chi connectivity index (χ3n) is 3.77. The second kappa shape index (κ2) is 6.82. The highest BCUT2D eigenvalue weighted by Gasteiger charge is 2.33. The van der Waals surface area contributed by atoms with Gasteiger partial charge in [0.05, 0.1) is 12.3 Å². The van der Waals surface area contributed by atoms with Crippen molar-refractivity contribution in [2.75, 3.05) is 13.1 Å². The monoisotopic (exact) mass is 354 g/mol. The van der Waals surface area contributed by atoms with Crippen LogP contribution in [0.1, 0.15) is 12.0 Å². The van der Waals surface area contributed by atoms with Crippen LogP contribution >= 0.6 is 0 Å². The Balaban J connectivity index is 1.67. The second-order valence-electron chi connectivity index (χ2n) is 5.55. The van der Waals surface area contributed by atoms with Crippen molar-refractivity contribution in [2.45, 2.75) is 18.3 Å². The lowest BCUT2D eigenvalue weighted by Gasteiger charge is -2.17. The first-order valence-corrected chi connectivity index (χ1v) is 9.04. The Bertz CT molecular complexity index is 815. The van der Waals surface area contributed by atoms with Gasteiger partial charge in [0.1, 0.15) is 17.7 Å². The molecule has 0 spiro atoms. The number of benzene rings is 1. The smallest absolute Gasteiger partial charge is 0.218 e. The zero-order valence-electron chi connectivity index (χ0n) is 12.7. The first-order valence-electron chi connectivity index (χ1n) is 7.43. The maximum Gasteiger partial charge on any atom is 0.218 e. The molecule has 1 aromatic carbocycles. The molecule has 0 amide bonds. The molecule has 0 bridgehead atoms. The molecule has 2 aromatic rings. The van der Waals surface area contributed by atoms with Gasteiger partial charge in [-0.05, 0) is 30.7 Å². The normalized spacial score (nSPS) is 18.7. The summed E-state index contributed by atoms with van der Waals surface area (Å²) in [5.41, 5.74) is -0.177. The highest BCUT2D eigenvalue weighted by Crippen LogP contribution is 2.22. The highest BCUT2D eigenvalue weighted by molar-refractivity contribution is 7.88. The quantitative estimate of drug-likeness (QED) is 0.827. The van der Waals surface area contributed by atoms with E-state index in [2.05, 4.69) is 4.98 Å². The molecule has 0 N–H and O–H groups in total. The summed E-state index contributed by atoms with van der Waals surface area (Å²) < 4.78 is 58.6. The van der Waals surface area contributed by atoms with Crippen LogP contribution in [0.2, 0.25) is 0 Å². The van der Waals surface area contributed by atoms with Crippen molar-refractivity contribution in [2.24, 2.45) is 0 Å². The predicted octanol–water partition coefficient (Wildman–Crippen LogP) is 2.34. The molecular weight excluding hydrogens is 338 g/mol. The van der Waals surface area contributed by atoms with E-state index >= 15 is 0 Å². The predicted molar refractivity (Wildman–Crippen MR) is 83.8 cm³/mol. The van der Waals surface area contributed by atoms with E-state index in [9.17, 15) is 17.2 Å². The summed E-state index contributed by atoms with van der Waals surface area (Å²) in [5, 5.41) is 0. The summed E-state index contributed by atoms with van der Waals surface area (Å²) in [4.78, 5) is 4.04. The van der Waals surface area contributed by atoms with E-state index in [1.807, 2.05) is 0 Å². The van der Waals surface area contributed by atoms with Crippen molar-refractivity contribution < 1.29 is 21.9 Å². The van der Waals surface area contributed by atoms with Crippen LogP contribution in [-0.2, 0) is 15.8 Å². The van der Waals surface area contributed by atoms with E-state index < -0.39 is 27.4 Å². The van der Waals surface area contributed by atoms with Gasteiger partial charge in [0.2, 0.25) is 15.9 Å². The first kappa shape index (κ1) is 16.8. The Morgan fingerprint density at radius 3 is 2.83 bits per heavy atom. The number of nitrogens with zero attached hydrogens (tertiary/aromatic N) is 2. The molecule has 2 heterocycles. The molecule has 0 saturated carbocycles. The Morgan fingerprint density at radius 2 is 2.08 bits per heavy atom. The lowest BCUT2D eigenvalue weighted by Crippen LogP contribution is -2.32. The summed E-state index contributed by atoms with van der Waals surface area (Å²) in [7, 11) is -3.75. The number of hydrogen-bond acceptors (Lipinski definition) is 4. The summed E-state index contributed by atoms with van der Waals surface area (Å²) in [6.45, 7) is 0.437. The zero-order valence-corrected chi connectivity index (χ0v) is 13.5. The molecule has 0 radical (unpaired) electrons. The van der Waals surface area contributed by atoms with Crippen molar-refractivity contribution >= 4 is 10.0 Å². The molecule has 1 aromatic heterocycles. The van der Waals surface area contributed by atoms with Gasteiger partial charge in [-0.2, -0.15) is 4.31 Å². The van der Waals surface area contributed by atoms with Crippen LogP contribution in [0.3, 0.4) is 0 Å². The minimum atomic E-state index is -3.75. The fourth-order valence-electron chi connectivity index (χ4n) is 2.58. The van der Waals surface area contributed by atoms with Gasteiger partial charge < -0.3 is 4.74 Å². The van der Waals surface area contributed by atoms with Gasteiger partial charge in [0.25, 0.3) is 0 Å². The Hall–Kier alpha value is -2.06. The number of sulfonamides is 1. The standard InChI is InChI=1S/C16H16F2N2O3S/c17-13-4-5-15(18)12(9-13)11-24(21,22)20-8-6-14(10-20)23-16-3-1-2-7-19-16/h1-5,7,9,14H,6,8,10-11H2. The molecule has 1 saturated heterocycles. The zero-order chi connectivity index (χ0) is 17.2. The number of halogens is 2. The van der Waals surface area contributed by atoms with Crippen LogP contribution in [0, 0.1) is 11.6 Å². The lowest BCUT2D eigenvalue weighted by atomic mass is 10.2. The summed E-state index contributed by atoms with van der Waals surface area (Å²) in [6.07, 6.45) is 1.79. The lowest BCUT2D eigenvalue weighted by molar-refractivity contribution is 0.207.